The van der Waals surface area contributed by atoms with Gasteiger partial charge in [-0.2, -0.15) is 0 Å². The molecule has 94 valence electrons. The minimum atomic E-state index is -0.787. The minimum Gasteiger partial charge on any atom is -0.379 e. The Morgan fingerprint density at radius 2 is 1.17 bits per heavy atom. The SMILES string of the molecule is NC(O)C(Cc1ccccc1)Cc1ccccc1. The van der Waals surface area contributed by atoms with Gasteiger partial charge in [-0.25, -0.2) is 0 Å². The zero-order valence-electron chi connectivity index (χ0n) is 10.4. The number of hydrogen-bond donors (Lipinski definition) is 2. The Kier molecular flexibility index (Phi) is 4.51. The fraction of sp³-hybridized carbons (Fsp3) is 0.250. The predicted molar refractivity (Wildman–Crippen MR) is 74.0 cm³/mol. The van der Waals surface area contributed by atoms with E-state index in [0.717, 1.165) is 12.8 Å². The van der Waals surface area contributed by atoms with Crippen molar-refractivity contribution < 1.29 is 5.11 Å². The van der Waals surface area contributed by atoms with Gasteiger partial charge < -0.3 is 10.8 Å². The maximum absolute atomic E-state index is 9.71. The standard InChI is InChI=1S/C16H19NO/c17-16(18)15(11-13-7-3-1-4-8-13)12-14-9-5-2-6-10-14/h1-10,15-16,18H,11-12,17H2. The van der Waals surface area contributed by atoms with Gasteiger partial charge >= 0.3 is 0 Å². The fourth-order valence-corrected chi connectivity index (χ4v) is 2.15. The molecule has 2 aromatic carbocycles. The van der Waals surface area contributed by atoms with Crippen molar-refractivity contribution in [2.45, 2.75) is 19.1 Å². The number of aliphatic hydroxyl groups excluding tert-OH is 1. The molecule has 3 N–H and O–H groups in total. The molecule has 0 heterocycles. The van der Waals surface area contributed by atoms with Gasteiger partial charge in [0.1, 0.15) is 6.23 Å². The molecule has 2 rings (SSSR count). The third-order valence-electron chi connectivity index (χ3n) is 3.16. The molecule has 0 aliphatic heterocycles. The highest BCUT2D eigenvalue weighted by Crippen LogP contribution is 2.16. The third-order valence-corrected chi connectivity index (χ3v) is 3.16. The highest BCUT2D eigenvalue weighted by molar-refractivity contribution is 5.18. The first-order chi connectivity index (χ1) is 8.75. The summed E-state index contributed by atoms with van der Waals surface area (Å²) in [6.45, 7) is 0. The van der Waals surface area contributed by atoms with E-state index in [4.69, 9.17) is 5.73 Å². The first-order valence-corrected chi connectivity index (χ1v) is 6.27. The van der Waals surface area contributed by atoms with E-state index in [9.17, 15) is 5.11 Å². The van der Waals surface area contributed by atoms with E-state index in [1.54, 1.807) is 0 Å². The molecule has 0 amide bonds. The van der Waals surface area contributed by atoms with Crippen LogP contribution in [0.5, 0.6) is 0 Å². The van der Waals surface area contributed by atoms with Crippen LogP contribution in [0.2, 0.25) is 0 Å². The van der Waals surface area contributed by atoms with Gasteiger partial charge in [0.25, 0.3) is 0 Å². The molecular formula is C16H19NO. The largest absolute Gasteiger partial charge is 0.379 e. The van der Waals surface area contributed by atoms with Gasteiger partial charge in [-0.1, -0.05) is 60.7 Å². The van der Waals surface area contributed by atoms with Crippen molar-refractivity contribution in [2.24, 2.45) is 11.7 Å². The minimum absolute atomic E-state index is 0.0507. The fourth-order valence-electron chi connectivity index (χ4n) is 2.15. The molecule has 2 aromatic rings. The summed E-state index contributed by atoms with van der Waals surface area (Å²) >= 11 is 0. The van der Waals surface area contributed by atoms with Gasteiger partial charge in [0.15, 0.2) is 0 Å². The molecule has 18 heavy (non-hydrogen) atoms. The number of benzene rings is 2. The van der Waals surface area contributed by atoms with Gasteiger partial charge in [0.05, 0.1) is 0 Å². The van der Waals surface area contributed by atoms with Crippen molar-refractivity contribution in [3.63, 3.8) is 0 Å². The van der Waals surface area contributed by atoms with Crippen molar-refractivity contribution >= 4 is 0 Å². The van der Waals surface area contributed by atoms with E-state index in [0.29, 0.717) is 0 Å². The van der Waals surface area contributed by atoms with E-state index in [2.05, 4.69) is 24.3 Å². The van der Waals surface area contributed by atoms with Crippen molar-refractivity contribution in [1.29, 1.82) is 0 Å². The summed E-state index contributed by atoms with van der Waals surface area (Å²) < 4.78 is 0. The zero-order valence-corrected chi connectivity index (χ0v) is 10.4. The molecule has 0 saturated carbocycles. The van der Waals surface area contributed by atoms with Crippen molar-refractivity contribution in [3.05, 3.63) is 71.8 Å². The lowest BCUT2D eigenvalue weighted by atomic mass is 9.91. The first kappa shape index (κ1) is 12.8. The molecule has 0 aliphatic rings. The summed E-state index contributed by atoms with van der Waals surface area (Å²) in [7, 11) is 0. The predicted octanol–water partition coefficient (Wildman–Crippen LogP) is 2.37. The van der Waals surface area contributed by atoms with Crippen LogP contribution in [0.1, 0.15) is 11.1 Å². The molecule has 1 atom stereocenters. The van der Waals surface area contributed by atoms with Crippen LogP contribution in [0.3, 0.4) is 0 Å². The van der Waals surface area contributed by atoms with E-state index in [1.807, 2.05) is 36.4 Å². The highest BCUT2D eigenvalue weighted by atomic mass is 16.3. The summed E-state index contributed by atoms with van der Waals surface area (Å²) in [5, 5.41) is 9.71. The number of aliphatic hydroxyl groups is 1. The average Bonchev–Trinajstić information content (AvgIpc) is 2.40. The molecule has 0 radical (unpaired) electrons. The quantitative estimate of drug-likeness (QED) is 0.789. The van der Waals surface area contributed by atoms with Gasteiger partial charge in [0.2, 0.25) is 0 Å². The molecular weight excluding hydrogens is 222 g/mol. The maximum atomic E-state index is 9.71. The zero-order chi connectivity index (χ0) is 12.8. The van der Waals surface area contributed by atoms with Gasteiger partial charge in [0, 0.05) is 5.92 Å². The molecule has 2 nitrogen and oxygen atoms in total. The van der Waals surface area contributed by atoms with Crippen molar-refractivity contribution in [2.75, 3.05) is 0 Å². The second-order valence-electron chi connectivity index (χ2n) is 4.63. The Labute approximate surface area is 108 Å². The Balaban J connectivity index is 2.05. The lowest BCUT2D eigenvalue weighted by Crippen LogP contribution is -2.32. The van der Waals surface area contributed by atoms with Crippen LogP contribution in [-0.2, 0) is 12.8 Å². The Morgan fingerprint density at radius 3 is 1.50 bits per heavy atom. The second kappa shape index (κ2) is 6.34. The number of hydrogen-bond acceptors (Lipinski definition) is 2. The smallest absolute Gasteiger partial charge is 0.105 e. The lowest BCUT2D eigenvalue weighted by molar-refractivity contribution is 0.113. The van der Waals surface area contributed by atoms with E-state index in [-0.39, 0.29) is 5.92 Å². The molecule has 0 saturated heterocycles. The second-order valence-corrected chi connectivity index (χ2v) is 4.63. The lowest BCUT2D eigenvalue weighted by Gasteiger charge is -2.20. The Morgan fingerprint density at radius 1 is 0.778 bits per heavy atom. The van der Waals surface area contributed by atoms with Crippen LogP contribution in [-0.4, -0.2) is 11.3 Å². The van der Waals surface area contributed by atoms with Gasteiger partial charge in [-0.3, -0.25) is 0 Å². The summed E-state index contributed by atoms with van der Waals surface area (Å²) in [6.07, 6.45) is 0.811. The highest BCUT2D eigenvalue weighted by Gasteiger charge is 2.16. The summed E-state index contributed by atoms with van der Waals surface area (Å²) in [6, 6.07) is 20.3. The van der Waals surface area contributed by atoms with Crippen LogP contribution in [0, 0.1) is 5.92 Å². The normalized spacial score (nSPS) is 12.6. The number of rotatable bonds is 5. The molecule has 0 spiro atoms. The Hall–Kier alpha value is -1.64. The van der Waals surface area contributed by atoms with Crippen LogP contribution >= 0.6 is 0 Å². The molecule has 0 fully saturated rings. The molecule has 0 aromatic heterocycles. The molecule has 1 unspecified atom stereocenters. The van der Waals surface area contributed by atoms with Crippen LogP contribution in [0.25, 0.3) is 0 Å². The monoisotopic (exact) mass is 241 g/mol. The van der Waals surface area contributed by atoms with Crippen molar-refractivity contribution in [3.8, 4) is 0 Å². The average molecular weight is 241 g/mol. The number of nitrogens with two attached hydrogens (primary N) is 1. The van der Waals surface area contributed by atoms with Gasteiger partial charge in [-0.05, 0) is 24.0 Å². The molecule has 2 heteroatoms. The van der Waals surface area contributed by atoms with E-state index < -0.39 is 6.23 Å². The Bertz CT molecular complexity index is 412. The van der Waals surface area contributed by atoms with Crippen LogP contribution < -0.4 is 5.73 Å². The first-order valence-electron chi connectivity index (χ1n) is 6.27. The third kappa shape index (κ3) is 3.69. The van der Waals surface area contributed by atoms with Crippen LogP contribution in [0.4, 0.5) is 0 Å². The molecule has 0 bridgehead atoms. The molecule has 0 aliphatic carbocycles. The van der Waals surface area contributed by atoms with E-state index in [1.165, 1.54) is 11.1 Å². The summed E-state index contributed by atoms with van der Waals surface area (Å²) in [5.74, 6) is 0.0507. The summed E-state index contributed by atoms with van der Waals surface area (Å²) in [4.78, 5) is 0. The van der Waals surface area contributed by atoms with E-state index >= 15 is 0 Å². The van der Waals surface area contributed by atoms with Crippen LogP contribution in [0.15, 0.2) is 60.7 Å². The van der Waals surface area contributed by atoms with Crippen molar-refractivity contribution in [1.82, 2.24) is 0 Å². The summed E-state index contributed by atoms with van der Waals surface area (Å²) in [5.41, 5.74) is 8.11. The maximum Gasteiger partial charge on any atom is 0.105 e. The topological polar surface area (TPSA) is 46.2 Å². The van der Waals surface area contributed by atoms with Gasteiger partial charge in [-0.15, -0.1) is 0 Å².